The lowest BCUT2D eigenvalue weighted by atomic mass is 10.1. The molecule has 0 unspecified atom stereocenters. The Labute approximate surface area is 145 Å². The highest BCUT2D eigenvalue weighted by molar-refractivity contribution is 5.97. The van der Waals surface area contributed by atoms with E-state index in [1.54, 1.807) is 54.6 Å². The first-order valence-corrected chi connectivity index (χ1v) is 7.90. The standard InChI is InChI=1S/C19H20N2O4/c1-13(20-18(23)15-10-6-3-7-11-15)17(22)21-16(19(24)25)12-14-8-4-2-5-9-14/h2-11,13,16H,12H2,1H3,(H,20,23)(H,21,22)(H,24,25)/t13-,16-/m0/s1. The molecular formula is C19H20N2O4. The van der Waals surface area contributed by atoms with Gasteiger partial charge in [0.1, 0.15) is 12.1 Å². The number of amides is 2. The van der Waals surface area contributed by atoms with Gasteiger partial charge in [-0.15, -0.1) is 0 Å². The van der Waals surface area contributed by atoms with Crippen LogP contribution >= 0.6 is 0 Å². The molecule has 0 bridgehead atoms. The summed E-state index contributed by atoms with van der Waals surface area (Å²) in [4.78, 5) is 35.7. The van der Waals surface area contributed by atoms with Gasteiger partial charge in [-0.25, -0.2) is 4.79 Å². The number of carbonyl (C=O) groups is 3. The monoisotopic (exact) mass is 340 g/mol. The fourth-order valence-corrected chi connectivity index (χ4v) is 2.28. The third-order valence-corrected chi connectivity index (χ3v) is 3.67. The number of benzene rings is 2. The Hall–Kier alpha value is -3.15. The molecule has 2 aromatic carbocycles. The second-order valence-electron chi connectivity index (χ2n) is 5.65. The van der Waals surface area contributed by atoms with Gasteiger partial charge in [-0.1, -0.05) is 48.5 Å². The second-order valence-corrected chi connectivity index (χ2v) is 5.65. The Bertz CT molecular complexity index is 732. The summed E-state index contributed by atoms with van der Waals surface area (Å²) in [7, 11) is 0. The lowest BCUT2D eigenvalue weighted by Gasteiger charge is -2.19. The maximum atomic E-state index is 12.2. The zero-order valence-electron chi connectivity index (χ0n) is 13.8. The Morgan fingerprint density at radius 1 is 0.920 bits per heavy atom. The number of hydrogen-bond acceptors (Lipinski definition) is 3. The number of carboxylic acids is 1. The topological polar surface area (TPSA) is 95.5 Å². The highest BCUT2D eigenvalue weighted by atomic mass is 16.4. The minimum absolute atomic E-state index is 0.168. The second kappa shape index (κ2) is 8.63. The number of hydrogen-bond donors (Lipinski definition) is 3. The molecule has 6 nitrogen and oxygen atoms in total. The summed E-state index contributed by atoms with van der Waals surface area (Å²) in [5, 5.41) is 14.4. The van der Waals surface area contributed by atoms with Crippen LogP contribution in [0.25, 0.3) is 0 Å². The summed E-state index contributed by atoms with van der Waals surface area (Å²) in [6.07, 6.45) is 0.168. The van der Waals surface area contributed by atoms with Crippen LogP contribution < -0.4 is 10.6 Å². The van der Waals surface area contributed by atoms with E-state index in [4.69, 9.17) is 0 Å². The fourth-order valence-electron chi connectivity index (χ4n) is 2.28. The summed E-state index contributed by atoms with van der Waals surface area (Å²) in [6, 6.07) is 15.6. The van der Waals surface area contributed by atoms with Crippen LogP contribution in [0.5, 0.6) is 0 Å². The van der Waals surface area contributed by atoms with E-state index >= 15 is 0 Å². The molecule has 0 aromatic heterocycles. The van der Waals surface area contributed by atoms with Gasteiger partial charge >= 0.3 is 5.97 Å². The SMILES string of the molecule is C[C@H](NC(=O)c1ccccc1)C(=O)N[C@@H](Cc1ccccc1)C(=O)O. The molecule has 2 amide bonds. The van der Waals surface area contributed by atoms with Crippen LogP contribution in [0, 0.1) is 0 Å². The summed E-state index contributed by atoms with van der Waals surface area (Å²) in [6.45, 7) is 1.51. The molecule has 2 atom stereocenters. The van der Waals surface area contributed by atoms with Crippen molar-refractivity contribution in [3.05, 3.63) is 71.8 Å². The Morgan fingerprint density at radius 2 is 1.48 bits per heavy atom. The quantitative estimate of drug-likeness (QED) is 0.714. The van der Waals surface area contributed by atoms with E-state index in [2.05, 4.69) is 10.6 Å². The van der Waals surface area contributed by atoms with Gasteiger partial charge in [0.25, 0.3) is 5.91 Å². The van der Waals surface area contributed by atoms with Gasteiger partial charge in [0, 0.05) is 12.0 Å². The Balaban J connectivity index is 1.95. The molecule has 2 aromatic rings. The van der Waals surface area contributed by atoms with Crippen LogP contribution in [-0.4, -0.2) is 35.0 Å². The zero-order valence-corrected chi connectivity index (χ0v) is 13.8. The predicted molar refractivity (Wildman–Crippen MR) is 93.1 cm³/mol. The van der Waals surface area contributed by atoms with Crippen molar-refractivity contribution in [1.29, 1.82) is 0 Å². The largest absolute Gasteiger partial charge is 0.480 e. The van der Waals surface area contributed by atoms with Crippen molar-refractivity contribution in [3.8, 4) is 0 Å². The van der Waals surface area contributed by atoms with Crippen LogP contribution in [0.2, 0.25) is 0 Å². The van der Waals surface area contributed by atoms with E-state index in [-0.39, 0.29) is 6.42 Å². The molecule has 6 heteroatoms. The molecule has 0 radical (unpaired) electrons. The first kappa shape index (κ1) is 18.2. The third kappa shape index (κ3) is 5.46. The fraction of sp³-hybridized carbons (Fsp3) is 0.211. The van der Waals surface area contributed by atoms with E-state index in [0.29, 0.717) is 5.56 Å². The average Bonchev–Trinajstić information content (AvgIpc) is 2.62. The van der Waals surface area contributed by atoms with Crippen molar-refractivity contribution in [2.45, 2.75) is 25.4 Å². The van der Waals surface area contributed by atoms with Gasteiger partial charge in [0.05, 0.1) is 0 Å². The first-order chi connectivity index (χ1) is 12.0. The molecule has 3 N–H and O–H groups in total. The maximum Gasteiger partial charge on any atom is 0.326 e. The van der Waals surface area contributed by atoms with Crippen molar-refractivity contribution >= 4 is 17.8 Å². The van der Waals surface area contributed by atoms with Gasteiger partial charge in [0.15, 0.2) is 0 Å². The summed E-state index contributed by atoms with van der Waals surface area (Å²) >= 11 is 0. The third-order valence-electron chi connectivity index (χ3n) is 3.67. The number of carbonyl (C=O) groups excluding carboxylic acids is 2. The number of carboxylic acid groups (broad SMARTS) is 1. The number of rotatable bonds is 7. The van der Waals surface area contributed by atoms with Crippen molar-refractivity contribution in [3.63, 3.8) is 0 Å². The molecule has 0 heterocycles. The van der Waals surface area contributed by atoms with Crippen molar-refractivity contribution in [1.82, 2.24) is 10.6 Å². The van der Waals surface area contributed by atoms with E-state index in [1.807, 2.05) is 6.07 Å². The minimum atomic E-state index is -1.13. The average molecular weight is 340 g/mol. The lowest BCUT2D eigenvalue weighted by molar-refractivity contribution is -0.142. The molecular weight excluding hydrogens is 320 g/mol. The molecule has 0 aliphatic carbocycles. The molecule has 0 spiro atoms. The van der Waals surface area contributed by atoms with E-state index in [1.165, 1.54) is 6.92 Å². The Kier molecular flexibility index (Phi) is 6.28. The van der Waals surface area contributed by atoms with Gasteiger partial charge < -0.3 is 15.7 Å². The highest BCUT2D eigenvalue weighted by Crippen LogP contribution is 2.04. The van der Waals surface area contributed by atoms with Gasteiger partial charge in [-0.3, -0.25) is 9.59 Å². The number of nitrogens with one attached hydrogen (secondary N) is 2. The van der Waals surface area contributed by atoms with Crippen LogP contribution in [0.1, 0.15) is 22.8 Å². The van der Waals surface area contributed by atoms with Crippen LogP contribution in [-0.2, 0) is 16.0 Å². The molecule has 130 valence electrons. The molecule has 0 aliphatic rings. The Morgan fingerprint density at radius 3 is 2.04 bits per heavy atom. The zero-order chi connectivity index (χ0) is 18.2. The molecule has 0 saturated carbocycles. The van der Waals surface area contributed by atoms with Crippen LogP contribution in [0.3, 0.4) is 0 Å². The van der Waals surface area contributed by atoms with Gasteiger partial charge in [-0.2, -0.15) is 0 Å². The maximum absolute atomic E-state index is 12.2. The molecule has 25 heavy (non-hydrogen) atoms. The van der Waals surface area contributed by atoms with Crippen LogP contribution in [0.4, 0.5) is 0 Å². The van der Waals surface area contributed by atoms with Crippen molar-refractivity contribution < 1.29 is 19.5 Å². The van der Waals surface area contributed by atoms with Gasteiger partial charge in [0.2, 0.25) is 5.91 Å². The lowest BCUT2D eigenvalue weighted by Crippen LogP contribution is -2.51. The molecule has 0 aliphatic heterocycles. The minimum Gasteiger partial charge on any atom is -0.480 e. The first-order valence-electron chi connectivity index (χ1n) is 7.90. The van der Waals surface area contributed by atoms with Gasteiger partial charge in [-0.05, 0) is 24.6 Å². The van der Waals surface area contributed by atoms with E-state index in [0.717, 1.165) is 5.56 Å². The van der Waals surface area contributed by atoms with E-state index < -0.39 is 29.9 Å². The summed E-state index contributed by atoms with van der Waals surface area (Å²) in [5.41, 5.74) is 1.23. The normalized spacial score (nSPS) is 12.7. The molecule has 0 saturated heterocycles. The predicted octanol–water partition coefficient (Wildman–Crippen LogP) is 1.62. The number of aliphatic carboxylic acids is 1. The summed E-state index contributed by atoms with van der Waals surface area (Å²) < 4.78 is 0. The van der Waals surface area contributed by atoms with E-state index in [9.17, 15) is 19.5 Å². The molecule has 0 fully saturated rings. The smallest absolute Gasteiger partial charge is 0.326 e. The molecule has 2 rings (SSSR count). The van der Waals surface area contributed by atoms with Crippen molar-refractivity contribution in [2.24, 2.45) is 0 Å². The summed E-state index contributed by atoms with van der Waals surface area (Å²) in [5.74, 6) is -2.07. The van der Waals surface area contributed by atoms with Crippen molar-refractivity contribution in [2.75, 3.05) is 0 Å². The van der Waals surface area contributed by atoms with Crippen LogP contribution in [0.15, 0.2) is 60.7 Å². The highest BCUT2D eigenvalue weighted by Gasteiger charge is 2.24.